The summed E-state index contributed by atoms with van der Waals surface area (Å²) in [5, 5.41) is 26.9. The summed E-state index contributed by atoms with van der Waals surface area (Å²) in [5.41, 5.74) is 12.3. The summed E-state index contributed by atoms with van der Waals surface area (Å²) in [4.78, 5) is 62.3. The van der Waals surface area contributed by atoms with E-state index >= 15 is 0 Å². The minimum atomic E-state index is -1.22. The predicted molar refractivity (Wildman–Crippen MR) is 147 cm³/mol. The number of nitrogens with one attached hydrogen (secondary N) is 3. The molecule has 0 saturated heterocycles. The number of phenolic OH excluding ortho intramolecular Hbond substituents is 1. The van der Waals surface area contributed by atoms with Gasteiger partial charge in [-0.2, -0.15) is 0 Å². The second-order valence-electron chi connectivity index (χ2n) is 9.86. The number of carboxylic acids is 1. The van der Waals surface area contributed by atoms with Gasteiger partial charge in [0, 0.05) is 19.3 Å². The minimum Gasteiger partial charge on any atom is -0.508 e. The quantitative estimate of drug-likeness (QED) is 0.158. The predicted octanol–water partition coefficient (Wildman–Crippen LogP) is -0.0348. The van der Waals surface area contributed by atoms with Crippen LogP contribution in [0.5, 0.6) is 5.75 Å². The molecule has 0 aliphatic carbocycles. The zero-order chi connectivity index (χ0) is 29.8. The van der Waals surface area contributed by atoms with Gasteiger partial charge in [0.2, 0.25) is 23.6 Å². The van der Waals surface area contributed by atoms with E-state index in [-0.39, 0.29) is 31.4 Å². The van der Waals surface area contributed by atoms with Gasteiger partial charge < -0.3 is 37.6 Å². The second kappa shape index (κ2) is 15.2. The van der Waals surface area contributed by atoms with E-state index in [2.05, 4.69) is 16.0 Å². The number of hydrogen-bond donors (Lipinski definition) is 7. The number of primary amides is 1. The summed E-state index contributed by atoms with van der Waals surface area (Å²) in [6.07, 6.45) is -0.0806. The molecule has 2 aromatic carbocycles. The molecule has 0 fully saturated rings. The Kier molecular flexibility index (Phi) is 12.1. The molecule has 0 aliphatic rings. The number of aromatic hydroxyl groups is 1. The lowest BCUT2D eigenvalue weighted by atomic mass is 10.00. The molecule has 12 nitrogen and oxygen atoms in total. The Morgan fingerprint density at radius 1 is 0.775 bits per heavy atom. The van der Waals surface area contributed by atoms with Crippen molar-refractivity contribution in [3.63, 3.8) is 0 Å². The van der Waals surface area contributed by atoms with Crippen molar-refractivity contribution in [3.8, 4) is 5.75 Å². The van der Waals surface area contributed by atoms with Crippen LogP contribution in [0.2, 0.25) is 0 Å². The van der Waals surface area contributed by atoms with Gasteiger partial charge in [-0.05, 0) is 35.6 Å². The summed E-state index contributed by atoms with van der Waals surface area (Å²) in [7, 11) is 0. The maximum absolute atomic E-state index is 13.5. The van der Waals surface area contributed by atoms with Crippen molar-refractivity contribution < 1.29 is 34.2 Å². The molecular formula is C28H37N5O7. The number of carbonyl (C=O) groups excluding carboxylic acids is 4. The first-order valence-electron chi connectivity index (χ1n) is 12.9. The van der Waals surface area contributed by atoms with Crippen LogP contribution in [0.1, 0.15) is 37.8 Å². The monoisotopic (exact) mass is 555 g/mol. The van der Waals surface area contributed by atoms with Crippen molar-refractivity contribution in [2.75, 3.05) is 0 Å². The molecule has 0 heterocycles. The number of carboxylic acid groups (broad SMARTS) is 1. The van der Waals surface area contributed by atoms with Gasteiger partial charge in [-0.1, -0.05) is 56.3 Å². The fourth-order valence-corrected chi connectivity index (χ4v) is 3.88. The Bertz CT molecular complexity index is 1170. The second-order valence-corrected chi connectivity index (χ2v) is 9.86. The average Bonchev–Trinajstić information content (AvgIpc) is 2.90. The summed E-state index contributed by atoms with van der Waals surface area (Å²) in [6.45, 7) is 3.28. The van der Waals surface area contributed by atoms with Gasteiger partial charge in [-0.25, -0.2) is 4.79 Å². The van der Waals surface area contributed by atoms with Gasteiger partial charge in [-0.15, -0.1) is 0 Å². The molecule has 4 unspecified atom stereocenters. The van der Waals surface area contributed by atoms with Crippen molar-refractivity contribution in [1.82, 2.24) is 16.0 Å². The molecule has 0 radical (unpaired) electrons. The lowest BCUT2D eigenvalue weighted by Gasteiger charge is -2.26. The number of aliphatic carboxylic acids is 1. The van der Waals surface area contributed by atoms with E-state index in [1.54, 1.807) is 56.3 Å². The van der Waals surface area contributed by atoms with Crippen molar-refractivity contribution >= 4 is 29.6 Å². The Balaban J connectivity index is 2.31. The Morgan fingerprint density at radius 2 is 1.27 bits per heavy atom. The van der Waals surface area contributed by atoms with E-state index < -0.39 is 59.7 Å². The Hall–Kier alpha value is -4.45. The summed E-state index contributed by atoms with van der Waals surface area (Å²) >= 11 is 0. The van der Waals surface area contributed by atoms with Crippen LogP contribution in [0.3, 0.4) is 0 Å². The Labute approximate surface area is 232 Å². The number of phenols is 1. The molecule has 9 N–H and O–H groups in total. The molecule has 40 heavy (non-hydrogen) atoms. The standard InChI is InChI=1S/C28H37N5O7/c1-16(2)24(28(39)40)33-27(38)22(15-18-8-10-19(34)11-9-18)32-26(37)21(14-17-6-4-3-5-7-17)31-25(36)20(29)12-13-23(30)35/h3-11,16,20-22,24,34H,12-15,29H2,1-2H3,(H2,30,35)(H,31,36)(H,32,37)(H,33,38)(H,39,40). The maximum atomic E-state index is 13.5. The zero-order valence-electron chi connectivity index (χ0n) is 22.5. The topological polar surface area (TPSA) is 214 Å². The van der Waals surface area contributed by atoms with Gasteiger partial charge in [0.15, 0.2) is 0 Å². The number of nitrogens with two attached hydrogens (primary N) is 2. The first-order chi connectivity index (χ1) is 18.9. The third-order valence-corrected chi connectivity index (χ3v) is 6.19. The highest BCUT2D eigenvalue weighted by atomic mass is 16.4. The van der Waals surface area contributed by atoms with Crippen molar-refractivity contribution in [2.24, 2.45) is 17.4 Å². The number of rotatable bonds is 15. The molecule has 216 valence electrons. The van der Waals surface area contributed by atoms with Crippen molar-refractivity contribution in [3.05, 3.63) is 65.7 Å². The van der Waals surface area contributed by atoms with Crippen LogP contribution in [0.15, 0.2) is 54.6 Å². The largest absolute Gasteiger partial charge is 0.508 e. The molecule has 12 heteroatoms. The SMILES string of the molecule is CC(C)C(NC(=O)C(Cc1ccc(O)cc1)NC(=O)C(Cc1ccccc1)NC(=O)C(N)CCC(N)=O)C(=O)O. The highest BCUT2D eigenvalue weighted by Gasteiger charge is 2.31. The van der Waals surface area contributed by atoms with Gasteiger partial charge in [-0.3, -0.25) is 19.2 Å². The Morgan fingerprint density at radius 3 is 1.77 bits per heavy atom. The van der Waals surface area contributed by atoms with Gasteiger partial charge in [0.05, 0.1) is 6.04 Å². The molecule has 2 aromatic rings. The third kappa shape index (κ3) is 10.4. The van der Waals surface area contributed by atoms with E-state index in [1.165, 1.54) is 12.1 Å². The minimum absolute atomic E-state index is 0.0119. The molecule has 0 bridgehead atoms. The molecule has 4 amide bonds. The molecular weight excluding hydrogens is 518 g/mol. The van der Waals surface area contributed by atoms with Gasteiger partial charge in [0.25, 0.3) is 0 Å². The third-order valence-electron chi connectivity index (χ3n) is 6.19. The normalized spacial score (nSPS) is 13.9. The molecule has 4 atom stereocenters. The van der Waals surface area contributed by atoms with Crippen LogP contribution in [0.4, 0.5) is 0 Å². The first-order valence-corrected chi connectivity index (χ1v) is 12.9. The fraction of sp³-hybridized carbons (Fsp3) is 0.393. The maximum Gasteiger partial charge on any atom is 0.326 e. The fourth-order valence-electron chi connectivity index (χ4n) is 3.88. The van der Waals surface area contributed by atoms with Gasteiger partial charge >= 0.3 is 5.97 Å². The summed E-state index contributed by atoms with van der Waals surface area (Å²) in [6, 6.07) is 10.2. The van der Waals surface area contributed by atoms with E-state index in [1.807, 2.05) is 0 Å². The summed E-state index contributed by atoms with van der Waals surface area (Å²) < 4.78 is 0. The highest BCUT2D eigenvalue weighted by molar-refractivity contribution is 5.94. The van der Waals surface area contributed by atoms with Gasteiger partial charge in [0.1, 0.15) is 23.9 Å². The van der Waals surface area contributed by atoms with E-state index in [4.69, 9.17) is 11.5 Å². The summed E-state index contributed by atoms with van der Waals surface area (Å²) in [5.74, 6) is -4.37. The lowest BCUT2D eigenvalue weighted by molar-refractivity contribution is -0.143. The van der Waals surface area contributed by atoms with E-state index in [0.717, 1.165) is 5.56 Å². The molecule has 0 aliphatic heterocycles. The molecule has 0 saturated carbocycles. The van der Waals surface area contributed by atoms with Crippen molar-refractivity contribution in [1.29, 1.82) is 0 Å². The van der Waals surface area contributed by atoms with Crippen LogP contribution in [0.25, 0.3) is 0 Å². The average molecular weight is 556 g/mol. The van der Waals surface area contributed by atoms with Crippen LogP contribution < -0.4 is 27.4 Å². The van der Waals surface area contributed by atoms with E-state index in [0.29, 0.717) is 5.56 Å². The zero-order valence-corrected chi connectivity index (χ0v) is 22.5. The van der Waals surface area contributed by atoms with Crippen LogP contribution in [0, 0.1) is 5.92 Å². The molecule has 0 spiro atoms. The molecule has 0 aromatic heterocycles. The smallest absolute Gasteiger partial charge is 0.326 e. The van der Waals surface area contributed by atoms with E-state index in [9.17, 15) is 34.2 Å². The number of hydrogen-bond acceptors (Lipinski definition) is 7. The number of benzene rings is 2. The highest BCUT2D eigenvalue weighted by Crippen LogP contribution is 2.13. The van der Waals surface area contributed by atoms with Crippen LogP contribution in [-0.2, 0) is 36.8 Å². The lowest BCUT2D eigenvalue weighted by Crippen LogP contribution is -2.58. The molecule has 2 rings (SSSR count). The number of carbonyl (C=O) groups is 5. The number of amides is 4. The van der Waals surface area contributed by atoms with Crippen LogP contribution >= 0.6 is 0 Å². The van der Waals surface area contributed by atoms with Crippen molar-refractivity contribution in [2.45, 2.75) is 63.7 Å². The van der Waals surface area contributed by atoms with Crippen LogP contribution in [-0.4, -0.2) is 64.0 Å². The first kappa shape index (κ1) is 31.8.